The van der Waals surface area contributed by atoms with E-state index in [2.05, 4.69) is 9.88 Å². The van der Waals surface area contributed by atoms with Gasteiger partial charge in [-0.1, -0.05) is 0 Å². The predicted octanol–water partition coefficient (Wildman–Crippen LogP) is -1.06. The Morgan fingerprint density at radius 3 is 2.74 bits per heavy atom. The third-order valence-electron chi connectivity index (χ3n) is 3.48. The first-order chi connectivity index (χ1) is 8.99. The van der Waals surface area contributed by atoms with E-state index in [1.807, 2.05) is 17.8 Å². The van der Waals surface area contributed by atoms with Crippen LogP contribution in [0.1, 0.15) is 12.7 Å². The van der Waals surface area contributed by atoms with Gasteiger partial charge >= 0.3 is 0 Å². The lowest BCUT2D eigenvalue weighted by molar-refractivity contribution is -0.141. The second-order valence-electron chi connectivity index (χ2n) is 4.82. The minimum atomic E-state index is -0.550. The molecule has 0 spiro atoms. The van der Waals surface area contributed by atoms with E-state index in [-0.39, 0.29) is 5.91 Å². The zero-order valence-corrected chi connectivity index (χ0v) is 11.2. The van der Waals surface area contributed by atoms with Gasteiger partial charge in [-0.15, -0.1) is 0 Å². The van der Waals surface area contributed by atoms with Crippen molar-refractivity contribution < 1.29 is 9.59 Å². The molecule has 0 saturated carbocycles. The van der Waals surface area contributed by atoms with Crippen molar-refractivity contribution in [1.29, 1.82) is 0 Å². The number of aryl methyl sites for hydroxylation is 1. The lowest BCUT2D eigenvalue weighted by atomic mass is 10.1. The number of primary amides is 1. The van der Waals surface area contributed by atoms with Crippen LogP contribution >= 0.6 is 0 Å². The molecule has 0 radical (unpaired) electrons. The molecule has 1 aliphatic rings. The van der Waals surface area contributed by atoms with Gasteiger partial charge in [0.2, 0.25) is 11.8 Å². The minimum absolute atomic E-state index is 0.111. The third kappa shape index (κ3) is 2.93. The molecule has 1 saturated heterocycles. The Bertz CT molecular complexity index is 484. The standard InChI is InChI=1S/C12H19N5O2/c1-9(18)17-6-5-16(7-10(17)12(13)19)8-11-14-3-4-15(11)2/h3-4,10H,5-8H2,1-2H3,(H2,13,19). The average Bonchev–Trinajstić information content (AvgIpc) is 2.74. The number of nitrogens with zero attached hydrogens (tertiary/aromatic N) is 4. The minimum Gasteiger partial charge on any atom is -0.368 e. The molecule has 0 bridgehead atoms. The van der Waals surface area contributed by atoms with Crippen molar-refractivity contribution in [3.05, 3.63) is 18.2 Å². The molecule has 1 aliphatic heterocycles. The van der Waals surface area contributed by atoms with E-state index in [1.165, 1.54) is 11.8 Å². The van der Waals surface area contributed by atoms with Crippen LogP contribution in [0.15, 0.2) is 12.4 Å². The topological polar surface area (TPSA) is 84.5 Å². The van der Waals surface area contributed by atoms with Crippen LogP contribution in [0, 0.1) is 0 Å². The lowest BCUT2D eigenvalue weighted by Gasteiger charge is -2.39. The Morgan fingerprint density at radius 2 is 2.21 bits per heavy atom. The summed E-state index contributed by atoms with van der Waals surface area (Å²) in [5.74, 6) is 0.361. The number of amides is 2. The van der Waals surface area contributed by atoms with Gasteiger partial charge in [-0.2, -0.15) is 0 Å². The van der Waals surface area contributed by atoms with Crippen LogP contribution in [0.2, 0.25) is 0 Å². The first kappa shape index (κ1) is 13.5. The maximum Gasteiger partial charge on any atom is 0.241 e. The van der Waals surface area contributed by atoms with E-state index >= 15 is 0 Å². The molecule has 2 heterocycles. The van der Waals surface area contributed by atoms with Gasteiger partial charge in [0.1, 0.15) is 11.9 Å². The number of carbonyl (C=O) groups is 2. The number of imidazole rings is 1. The van der Waals surface area contributed by atoms with Crippen molar-refractivity contribution in [3.63, 3.8) is 0 Å². The fourth-order valence-electron chi connectivity index (χ4n) is 2.35. The first-order valence-electron chi connectivity index (χ1n) is 6.24. The SMILES string of the molecule is CC(=O)N1CCN(Cc2nccn2C)CC1C(N)=O. The first-order valence-corrected chi connectivity index (χ1v) is 6.24. The van der Waals surface area contributed by atoms with Crippen molar-refractivity contribution in [2.75, 3.05) is 19.6 Å². The molecule has 1 unspecified atom stereocenters. The van der Waals surface area contributed by atoms with Gasteiger partial charge in [-0.25, -0.2) is 4.98 Å². The molecular formula is C12H19N5O2. The Morgan fingerprint density at radius 1 is 1.47 bits per heavy atom. The maximum atomic E-state index is 11.5. The molecule has 19 heavy (non-hydrogen) atoms. The summed E-state index contributed by atoms with van der Waals surface area (Å²) in [6.45, 7) is 3.81. The molecule has 2 rings (SSSR count). The zero-order valence-electron chi connectivity index (χ0n) is 11.2. The predicted molar refractivity (Wildman–Crippen MR) is 68.9 cm³/mol. The molecule has 2 N–H and O–H groups in total. The molecule has 1 fully saturated rings. The summed E-state index contributed by atoms with van der Waals surface area (Å²) in [5, 5.41) is 0. The van der Waals surface area contributed by atoms with Gasteiger partial charge in [-0.3, -0.25) is 14.5 Å². The molecular weight excluding hydrogens is 246 g/mol. The summed E-state index contributed by atoms with van der Waals surface area (Å²) in [4.78, 5) is 30.8. The summed E-state index contributed by atoms with van der Waals surface area (Å²) in [7, 11) is 1.93. The van der Waals surface area contributed by atoms with Crippen molar-refractivity contribution >= 4 is 11.8 Å². The summed E-state index contributed by atoms with van der Waals surface area (Å²) in [5.41, 5.74) is 5.38. The Labute approximate surface area is 112 Å². The molecule has 1 aromatic rings. The van der Waals surface area contributed by atoms with Crippen LogP contribution in [-0.2, 0) is 23.2 Å². The van der Waals surface area contributed by atoms with E-state index < -0.39 is 11.9 Å². The van der Waals surface area contributed by atoms with E-state index in [0.29, 0.717) is 19.6 Å². The highest BCUT2D eigenvalue weighted by molar-refractivity contribution is 5.86. The average molecular weight is 265 g/mol. The number of hydrogen-bond acceptors (Lipinski definition) is 4. The lowest BCUT2D eigenvalue weighted by Crippen LogP contribution is -2.59. The normalized spacial score (nSPS) is 20.5. The van der Waals surface area contributed by atoms with Gasteiger partial charge < -0.3 is 15.2 Å². The van der Waals surface area contributed by atoms with Crippen LogP contribution in [0.5, 0.6) is 0 Å². The Balaban J connectivity index is 2.05. The summed E-state index contributed by atoms with van der Waals surface area (Å²) >= 11 is 0. The number of piperazine rings is 1. The zero-order chi connectivity index (χ0) is 14.0. The van der Waals surface area contributed by atoms with Crippen LogP contribution in [0.3, 0.4) is 0 Å². The fourth-order valence-corrected chi connectivity index (χ4v) is 2.35. The summed E-state index contributed by atoms with van der Waals surface area (Å²) in [6, 6.07) is -0.550. The second kappa shape index (κ2) is 5.40. The number of carbonyl (C=O) groups excluding carboxylic acids is 2. The van der Waals surface area contributed by atoms with Gasteiger partial charge in [-0.05, 0) is 0 Å². The van der Waals surface area contributed by atoms with Crippen LogP contribution in [0.4, 0.5) is 0 Å². The molecule has 2 amide bonds. The third-order valence-corrected chi connectivity index (χ3v) is 3.48. The van der Waals surface area contributed by atoms with Crippen LogP contribution in [0.25, 0.3) is 0 Å². The smallest absolute Gasteiger partial charge is 0.241 e. The van der Waals surface area contributed by atoms with Crippen molar-refractivity contribution in [2.45, 2.75) is 19.5 Å². The maximum absolute atomic E-state index is 11.5. The van der Waals surface area contributed by atoms with Crippen LogP contribution in [-0.4, -0.2) is 56.8 Å². The molecule has 7 nitrogen and oxygen atoms in total. The van der Waals surface area contributed by atoms with E-state index in [1.54, 1.807) is 6.20 Å². The highest BCUT2D eigenvalue weighted by atomic mass is 16.2. The largest absolute Gasteiger partial charge is 0.368 e. The highest BCUT2D eigenvalue weighted by Gasteiger charge is 2.32. The van der Waals surface area contributed by atoms with Gasteiger partial charge in [0.15, 0.2) is 0 Å². The van der Waals surface area contributed by atoms with Gasteiger partial charge in [0, 0.05) is 46.0 Å². The molecule has 1 atom stereocenters. The van der Waals surface area contributed by atoms with E-state index in [0.717, 1.165) is 12.4 Å². The molecule has 1 aromatic heterocycles. The quantitative estimate of drug-likeness (QED) is 0.755. The van der Waals surface area contributed by atoms with Crippen LogP contribution < -0.4 is 5.73 Å². The Hall–Kier alpha value is -1.89. The van der Waals surface area contributed by atoms with Gasteiger partial charge in [0.25, 0.3) is 0 Å². The van der Waals surface area contributed by atoms with Crippen molar-refractivity contribution in [3.8, 4) is 0 Å². The summed E-state index contributed by atoms with van der Waals surface area (Å²) < 4.78 is 1.94. The summed E-state index contributed by atoms with van der Waals surface area (Å²) in [6.07, 6.45) is 3.62. The molecule has 7 heteroatoms. The second-order valence-corrected chi connectivity index (χ2v) is 4.82. The Kier molecular flexibility index (Phi) is 3.84. The monoisotopic (exact) mass is 265 g/mol. The number of rotatable bonds is 3. The van der Waals surface area contributed by atoms with Crippen molar-refractivity contribution in [2.24, 2.45) is 12.8 Å². The van der Waals surface area contributed by atoms with Gasteiger partial charge in [0.05, 0.1) is 6.54 Å². The molecule has 0 aliphatic carbocycles. The highest BCUT2D eigenvalue weighted by Crippen LogP contribution is 2.12. The fraction of sp³-hybridized carbons (Fsp3) is 0.583. The van der Waals surface area contributed by atoms with E-state index in [4.69, 9.17) is 5.73 Å². The van der Waals surface area contributed by atoms with E-state index in [9.17, 15) is 9.59 Å². The number of aromatic nitrogens is 2. The number of nitrogens with two attached hydrogens (primary N) is 1. The number of hydrogen-bond donors (Lipinski definition) is 1. The molecule has 0 aromatic carbocycles. The molecule has 104 valence electrons. The van der Waals surface area contributed by atoms with Crippen molar-refractivity contribution in [1.82, 2.24) is 19.4 Å².